The molecule has 18 heavy (non-hydrogen) atoms. The van der Waals surface area contributed by atoms with Crippen LogP contribution in [0.5, 0.6) is 0 Å². The molecule has 2 rings (SSSR count). The number of benzene rings is 1. The molecule has 0 fully saturated rings. The molecule has 1 atom stereocenters. The van der Waals surface area contributed by atoms with Gasteiger partial charge in [-0.3, -0.25) is 0 Å². The van der Waals surface area contributed by atoms with Crippen LogP contribution >= 0.6 is 27.5 Å². The smallest absolute Gasteiger partial charge is 0.154 e. The van der Waals surface area contributed by atoms with Gasteiger partial charge in [-0.2, -0.15) is 0 Å². The molecule has 1 aromatic heterocycles. The third kappa shape index (κ3) is 2.71. The van der Waals surface area contributed by atoms with E-state index in [0.717, 1.165) is 0 Å². The summed E-state index contributed by atoms with van der Waals surface area (Å²) >= 11 is 9.13. The Morgan fingerprint density at radius 3 is 2.83 bits per heavy atom. The van der Waals surface area contributed by atoms with E-state index in [1.807, 2.05) is 0 Å². The van der Waals surface area contributed by atoms with Crippen molar-refractivity contribution in [3.8, 4) is 0 Å². The molecule has 7 heteroatoms. The van der Waals surface area contributed by atoms with Gasteiger partial charge in [-0.15, -0.1) is 5.10 Å². The van der Waals surface area contributed by atoms with Crippen LogP contribution in [0, 0.1) is 5.82 Å². The molecule has 0 saturated carbocycles. The van der Waals surface area contributed by atoms with Gasteiger partial charge < -0.3 is 5.11 Å². The van der Waals surface area contributed by atoms with Crippen molar-refractivity contribution in [3.63, 3.8) is 0 Å². The zero-order valence-corrected chi connectivity index (χ0v) is 11.8. The minimum Gasteiger partial charge on any atom is -0.386 e. The number of hydrogen-bond acceptors (Lipinski definition) is 3. The quantitative estimate of drug-likeness (QED) is 0.939. The van der Waals surface area contributed by atoms with Crippen LogP contribution in [0.2, 0.25) is 5.02 Å². The molecule has 0 aliphatic heterocycles. The molecule has 0 bridgehead atoms. The molecule has 0 amide bonds. The second kappa shape index (κ2) is 5.34. The highest BCUT2D eigenvalue weighted by molar-refractivity contribution is 9.10. The molecule has 1 aromatic carbocycles. The highest BCUT2D eigenvalue weighted by Gasteiger charge is 2.19. The van der Waals surface area contributed by atoms with E-state index < -0.39 is 11.9 Å². The van der Waals surface area contributed by atoms with E-state index in [1.165, 1.54) is 16.8 Å². The lowest BCUT2D eigenvalue weighted by Gasteiger charge is -2.12. The Hall–Kier alpha value is -0.980. The van der Waals surface area contributed by atoms with Crippen molar-refractivity contribution in [3.05, 3.63) is 44.9 Å². The van der Waals surface area contributed by atoms with E-state index in [9.17, 15) is 9.50 Å². The number of nitrogens with zero attached hydrogens (tertiary/aromatic N) is 3. The summed E-state index contributed by atoms with van der Waals surface area (Å²) in [4.78, 5) is 0. The van der Waals surface area contributed by atoms with Crippen molar-refractivity contribution in [1.82, 2.24) is 15.0 Å². The fourth-order valence-electron chi connectivity index (χ4n) is 1.68. The second-order valence-corrected chi connectivity index (χ2v) is 5.00. The molecule has 0 aliphatic carbocycles. The van der Waals surface area contributed by atoms with Crippen LogP contribution < -0.4 is 0 Å². The summed E-state index contributed by atoms with van der Waals surface area (Å²) in [5, 5.41) is 18.0. The Morgan fingerprint density at radius 2 is 2.28 bits per heavy atom. The van der Waals surface area contributed by atoms with Crippen LogP contribution in [0.25, 0.3) is 0 Å². The van der Waals surface area contributed by atoms with E-state index in [-0.39, 0.29) is 6.42 Å². The Kier molecular flexibility index (Phi) is 3.99. The topological polar surface area (TPSA) is 50.9 Å². The van der Waals surface area contributed by atoms with Crippen LogP contribution in [-0.2, 0) is 13.5 Å². The lowest BCUT2D eigenvalue weighted by atomic mass is 10.1. The predicted octanol–water partition coefficient (Wildman–Crippen LogP) is 2.65. The van der Waals surface area contributed by atoms with Gasteiger partial charge in [0.15, 0.2) is 4.60 Å². The normalized spacial score (nSPS) is 12.7. The van der Waals surface area contributed by atoms with E-state index in [1.54, 1.807) is 13.1 Å². The summed E-state index contributed by atoms with van der Waals surface area (Å²) in [6.45, 7) is 0. The highest BCUT2D eigenvalue weighted by atomic mass is 79.9. The highest BCUT2D eigenvalue weighted by Crippen LogP contribution is 2.27. The van der Waals surface area contributed by atoms with Crippen molar-refractivity contribution in [2.45, 2.75) is 12.5 Å². The number of hydrogen-bond donors (Lipinski definition) is 1. The largest absolute Gasteiger partial charge is 0.386 e. The maximum Gasteiger partial charge on any atom is 0.154 e. The third-order valence-corrected chi connectivity index (χ3v) is 3.49. The van der Waals surface area contributed by atoms with Crippen LogP contribution in [-0.4, -0.2) is 20.1 Å². The molecule has 1 heterocycles. The molecule has 0 aliphatic rings. The Bertz CT molecular complexity index is 556. The van der Waals surface area contributed by atoms with Crippen molar-refractivity contribution in [2.24, 2.45) is 7.05 Å². The number of aromatic nitrogens is 3. The van der Waals surface area contributed by atoms with Gasteiger partial charge in [-0.1, -0.05) is 22.9 Å². The van der Waals surface area contributed by atoms with Gasteiger partial charge in [0.25, 0.3) is 0 Å². The van der Waals surface area contributed by atoms with Gasteiger partial charge >= 0.3 is 0 Å². The molecule has 0 saturated heterocycles. The van der Waals surface area contributed by atoms with E-state index in [0.29, 0.717) is 20.9 Å². The predicted molar refractivity (Wildman–Crippen MR) is 68.8 cm³/mol. The molecule has 0 radical (unpaired) electrons. The van der Waals surface area contributed by atoms with Crippen molar-refractivity contribution in [2.75, 3.05) is 0 Å². The standard InChI is InChI=1S/C11H10BrClFN3O/c1-17-10(11(12)15-16-17)9(18)4-6-2-3-7(14)5-8(6)13/h2-3,5,9,18H,4H2,1H3. The summed E-state index contributed by atoms with van der Waals surface area (Å²) in [6, 6.07) is 4.09. The minimum atomic E-state index is -0.817. The van der Waals surface area contributed by atoms with Crippen molar-refractivity contribution >= 4 is 27.5 Å². The number of aliphatic hydroxyl groups is 1. The zero-order chi connectivity index (χ0) is 13.3. The zero-order valence-electron chi connectivity index (χ0n) is 9.44. The maximum atomic E-state index is 12.9. The average molecular weight is 335 g/mol. The first-order chi connectivity index (χ1) is 8.49. The fraction of sp³-hybridized carbons (Fsp3) is 0.273. The van der Waals surface area contributed by atoms with E-state index in [2.05, 4.69) is 26.2 Å². The summed E-state index contributed by atoms with van der Waals surface area (Å²) in [7, 11) is 1.68. The molecule has 1 unspecified atom stereocenters. The first kappa shape index (κ1) is 13.5. The third-order valence-electron chi connectivity index (χ3n) is 2.57. The summed E-state index contributed by atoms with van der Waals surface area (Å²) in [6.07, 6.45) is -0.554. The Morgan fingerprint density at radius 1 is 1.56 bits per heavy atom. The monoisotopic (exact) mass is 333 g/mol. The summed E-state index contributed by atoms with van der Waals surface area (Å²) in [5.41, 5.74) is 1.22. The summed E-state index contributed by atoms with van der Waals surface area (Å²) < 4.78 is 14.9. The molecule has 4 nitrogen and oxygen atoms in total. The SMILES string of the molecule is Cn1nnc(Br)c1C(O)Cc1ccc(F)cc1Cl. The van der Waals surface area contributed by atoms with Crippen molar-refractivity contribution < 1.29 is 9.50 Å². The van der Waals surface area contributed by atoms with Gasteiger partial charge in [-0.25, -0.2) is 9.07 Å². The molecule has 2 aromatic rings. The number of rotatable bonds is 3. The van der Waals surface area contributed by atoms with Gasteiger partial charge in [-0.05, 0) is 33.6 Å². The van der Waals surface area contributed by atoms with Gasteiger partial charge in [0.1, 0.15) is 17.6 Å². The number of halogens is 3. The first-order valence-corrected chi connectivity index (χ1v) is 6.33. The van der Waals surface area contributed by atoms with E-state index >= 15 is 0 Å². The maximum absolute atomic E-state index is 12.9. The molecule has 96 valence electrons. The molecule has 1 N–H and O–H groups in total. The minimum absolute atomic E-state index is 0.263. The van der Waals surface area contributed by atoms with Gasteiger partial charge in [0.2, 0.25) is 0 Å². The number of aryl methyl sites for hydroxylation is 1. The lowest BCUT2D eigenvalue weighted by Crippen LogP contribution is -2.09. The number of aliphatic hydroxyl groups excluding tert-OH is 1. The fourth-order valence-corrected chi connectivity index (χ4v) is 2.52. The second-order valence-electron chi connectivity index (χ2n) is 3.84. The average Bonchev–Trinajstić information content (AvgIpc) is 2.62. The molecular formula is C11H10BrClFN3O. The van der Waals surface area contributed by atoms with Crippen molar-refractivity contribution in [1.29, 1.82) is 0 Å². The summed E-state index contributed by atoms with van der Waals surface area (Å²) in [5.74, 6) is -0.401. The lowest BCUT2D eigenvalue weighted by molar-refractivity contribution is 0.168. The first-order valence-electron chi connectivity index (χ1n) is 5.16. The van der Waals surface area contributed by atoms with Crippen LogP contribution in [0.1, 0.15) is 17.4 Å². The van der Waals surface area contributed by atoms with E-state index in [4.69, 9.17) is 11.6 Å². The molecule has 0 spiro atoms. The van der Waals surface area contributed by atoms with Gasteiger partial charge in [0, 0.05) is 18.5 Å². The van der Waals surface area contributed by atoms with Gasteiger partial charge in [0.05, 0.1) is 0 Å². The van der Waals surface area contributed by atoms with Crippen LogP contribution in [0.3, 0.4) is 0 Å². The Balaban J connectivity index is 2.24. The molecular weight excluding hydrogens is 324 g/mol. The van der Waals surface area contributed by atoms with Crippen LogP contribution in [0.15, 0.2) is 22.8 Å². The van der Waals surface area contributed by atoms with Crippen LogP contribution in [0.4, 0.5) is 4.39 Å². The Labute approximate surface area is 117 Å².